The van der Waals surface area contributed by atoms with E-state index in [1.807, 2.05) is 0 Å². The number of halogens is 1. The van der Waals surface area contributed by atoms with E-state index in [2.05, 4.69) is 62.4 Å². The highest BCUT2D eigenvalue weighted by atomic mass is 35.5. The van der Waals surface area contributed by atoms with Crippen LogP contribution in [0.15, 0.2) is 48.5 Å². The van der Waals surface area contributed by atoms with Gasteiger partial charge in [-0.3, -0.25) is 0 Å². The van der Waals surface area contributed by atoms with Gasteiger partial charge in [0, 0.05) is 11.8 Å². The quantitative estimate of drug-likeness (QED) is 0.687. The fourth-order valence-electron chi connectivity index (χ4n) is 2.31. The van der Waals surface area contributed by atoms with Crippen LogP contribution in [0.2, 0.25) is 0 Å². The van der Waals surface area contributed by atoms with E-state index in [1.165, 1.54) is 22.3 Å². The molecule has 94 valence electrons. The Hall–Kier alpha value is -1.27. The molecule has 1 atom stereocenters. The predicted molar refractivity (Wildman–Crippen MR) is 79.5 cm³/mol. The number of hydrogen-bond acceptors (Lipinski definition) is 0. The zero-order valence-corrected chi connectivity index (χ0v) is 11.7. The molecule has 0 aromatic heterocycles. The molecule has 0 N–H and O–H groups in total. The lowest BCUT2D eigenvalue weighted by Gasteiger charge is -2.15. The van der Waals surface area contributed by atoms with Gasteiger partial charge in [0.25, 0.3) is 0 Å². The Morgan fingerprint density at radius 3 is 2.22 bits per heavy atom. The summed E-state index contributed by atoms with van der Waals surface area (Å²) in [7, 11) is 0. The van der Waals surface area contributed by atoms with Crippen molar-refractivity contribution in [3.05, 3.63) is 70.8 Å². The third-order valence-corrected chi connectivity index (χ3v) is 3.64. The smallest absolute Gasteiger partial charge is 0.0295 e. The molecule has 0 amide bonds. The summed E-state index contributed by atoms with van der Waals surface area (Å²) in [4.78, 5) is 0. The molecule has 0 saturated heterocycles. The van der Waals surface area contributed by atoms with Gasteiger partial charge in [0.15, 0.2) is 0 Å². The Morgan fingerprint density at radius 1 is 0.944 bits per heavy atom. The minimum absolute atomic E-state index is 0.397. The van der Waals surface area contributed by atoms with Crippen LogP contribution in [-0.4, -0.2) is 5.88 Å². The molecule has 0 bridgehead atoms. The van der Waals surface area contributed by atoms with Gasteiger partial charge in [-0.2, -0.15) is 0 Å². The van der Waals surface area contributed by atoms with Gasteiger partial charge in [0.05, 0.1) is 0 Å². The average Bonchev–Trinajstić information content (AvgIpc) is 2.36. The number of hydrogen-bond donors (Lipinski definition) is 0. The molecule has 2 rings (SSSR count). The average molecular weight is 259 g/mol. The Kier molecular flexibility index (Phi) is 4.43. The van der Waals surface area contributed by atoms with Gasteiger partial charge in [0.1, 0.15) is 0 Å². The van der Waals surface area contributed by atoms with E-state index in [0.717, 1.165) is 6.42 Å². The monoisotopic (exact) mass is 258 g/mol. The topological polar surface area (TPSA) is 0 Å². The second-order valence-corrected chi connectivity index (χ2v) is 5.27. The van der Waals surface area contributed by atoms with Gasteiger partial charge in [-0.1, -0.05) is 59.7 Å². The van der Waals surface area contributed by atoms with Crippen LogP contribution in [0.3, 0.4) is 0 Å². The summed E-state index contributed by atoms with van der Waals surface area (Å²) in [5.41, 5.74) is 5.31. The summed E-state index contributed by atoms with van der Waals surface area (Å²) in [6.45, 7) is 4.26. The van der Waals surface area contributed by atoms with Crippen LogP contribution in [0.25, 0.3) is 0 Å². The van der Waals surface area contributed by atoms with E-state index in [1.54, 1.807) is 0 Å². The fourth-order valence-corrected chi connectivity index (χ4v) is 2.60. The first-order valence-corrected chi connectivity index (χ1v) is 6.90. The normalized spacial score (nSPS) is 12.4. The highest BCUT2D eigenvalue weighted by Gasteiger charge is 2.11. The molecule has 2 aromatic carbocycles. The minimum atomic E-state index is 0.397. The van der Waals surface area contributed by atoms with Gasteiger partial charge < -0.3 is 0 Å². The molecule has 0 fully saturated rings. The van der Waals surface area contributed by atoms with Crippen LogP contribution in [0, 0.1) is 13.8 Å². The molecule has 0 nitrogen and oxygen atoms in total. The van der Waals surface area contributed by atoms with Gasteiger partial charge in [0.2, 0.25) is 0 Å². The van der Waals surface area contributed by atoms with Crippen molar-refractivity contribution in [3.8, 4) is 0 Å². The van der Waals surface area contributed by atoms with Crippen molar-refractivity contribution in [2.75, 3.05) is 5.88 Å². The molecule has 0 spiro atoms. The summed E-state index contributed by atoms with van der Waals surface area (Å²) < 4.78 is 0. The Bertz CT molecular complexity index is 517. The van der Waals surface area contributed by atoms with Crippen LogP contribution in [0.1, 0.15) is 28.2 Å². The lowest BCUT2D eigenvalue weighted by molar-refractivity contribution is 0.765. The maximum Gasteiger partial charge on any atom is 0.0295 e. The molecular weight excluding hydrogens is 240 g/mol. The van der Waals surface area contributed by atoms with Gasteiger partial charge in [-0.25, -0.2) is 0 Å². The summed E-state index contributed by atoms with van der Waals surface area (Å²) >= 11 is 6.14. The maximum absolute atomic E-state index is 6.14. The highest BCUT2D eigenvalue weighted by Crippen LogP contribution is 2.23. The number of benzene rings is 2. The minimum Gasteiger partial charge on any atom is -0.126 e. The van der Waals surface area contributed by atoms with Gasteiger partial charge >= 0.3 is 0 Å². The fraction of sp³-hybridized carbons (Fsp3) is 0.294. The van der Waals surface area contributed by atoms with Crippen molar-refractivity contribution >= 4 is 11.6 Å². The highest BCUT2D eigenvalue weighted by molar-refractivity contribution is 6.18. The molecule has 0 saturated carbocycles. The summed E-state index contributed by atoms with van der Waals surface area (Å²) in [5.74, 6) is 1.06. The van der Waals surface area contributed by atoms with Gasteiger partial charge in [-0.15, -0.1) is 11.6 Å². The second kappa shape index (κ2) is 6.06. The lowest BCUT2D eigenvalue weighted by atomic mass is 9.92. The molecule has 2 aromatic rings. The molecular formula is C17H19Cl. The van der Waals surface area contributed by atoms with Crippen LogP contribution >= 0.6 is 11.6 Å². The zero-order chi connectivity index (χ0) is 13.0. The molecule has 0 aliphatic rings. The summed E-state index contributed by atoms with van der Waals surface area (Å²) in [6, 6.07) is 17.3. The number of rotatable bonds is 4. The van der Waals surface area contributed by atoms with E-state index in [9.17, 15) is 0 Å². The Morgan fingerprint density at radius 2 is 1.61 bits per heavy atom. The molecule has 1 heteroatoms. The third kappa shape index (κ3) is 3.36. The largest absolute Gasteiger partial charge is 0.126 e. The first-order chi connectivity index (χ1) is 8.69. The first kappa shape index (κ1) is 13.2. The molecule has 1 unspecified atom stereocenters. The van der Waals surface area contributed by atoms with Crippen molar-refractivity contribution in [3.63, 3.8) is 0 Å². The predicted octanol–water partition coefficient (Wildman–Crippen LogP) is 4.87. The molecule has 0 radical (unpaired) electrons. The van der Waals surface area contributed by atoms with Crippen LogP contribution < -0.4 is 0 Å². The molecule has 0 aliphatic heterocycles. The lowest BCUT2D eigenvalue weighted by Crippen LogP contribution is -2.05. The Labute approximate surface area is 115 Å². The van der Waals surface area contributed by atoms with E-state index < -0.39 is 0 Å². The standard InChI is InChI=1S/C17H19Cl/c1-13-5-3-7-15(9-13)11-17(12-18)16-8-4-6-14(2)10-16/h3-10,17H,11-12H2,1-2H3. The molecule has 0 heterocycles. The third-order valence-electron chi connectivity index (χ3n) is 3.26. The van der Waals surface area contributed by atoms with Crippen molar-refractivity contribution in [1.29, 1.82) is 0 Å². The van der Waals surface area contributed by atoms with E-state index in [4.69, 9.17) is 11.6 Å². The van der Waals surface area contributed by atoms with Crippen molar-refractivity contribution < 1.29 is 0 Å². The van der Waals surface area contributed by atoms with Crippen LogP contribution in [0.4, 0.5) is 0 Å². The number of alkyl halides is 1. The zero-order valence-electron chi connectivity index (χ0n) is 11.0. The SMILES string of the molecule is Cc1cccc(CC(CCl)c2cccc(C)c2)c1. The van der Waals surface area contributed by atoms with E-state index >= 15 is 0 Å². The van der Waals surface area contributed by atoms with Crippen molar-refractivity contribution in [2.24, 2.45) is 0 Å². The summed E-state index contributed by atoms with van der Waals surface area (Å²) in [5, 5.41) is 0. The van der Waals surface area contributed by atoms with Gasteiger partial charge in [-0.05, 0) is 31.4 Å². The Balaban J connectivity index is 2.19. The van der Waals surface area contributed by atoms with Crippen LogP contribution in [-0.2, 0) is 6.42 Å². The molecule has 0 aliphatic carbocycles. The number of aryl methyl sites for hydroxylation is 2. The summed E-state index contributed by atoms with van der Waals surface area (Å²) in [6.07, 6.45) is 1.01. The van der Waals surface area contributed by atoms with E-state index in [-0.39, 0.29) is 0 Å². The molecule has 18 heavy (non-hydrogen) atoms. The van der Waals surface area contributed by atoms with Crippen molar-refractivity contribution in [2.45, 2.75) is 26.2 Å². The van der Waals surface area contributed by atoms with E-state index in [0.29, 0.717) is 11.8 Å². The van der Waals surface area contributed by atoms with Crippen LogP contribution in [0.5, 0.6) is 0 Å². The first-order valence-electron chi connectivity index (χ1n) is 6.37. The van der Waals surface area contributed by atoms with Crippen molar-refractivity contribution in [1.82, 2.24) is 0 Å². The maximum atomic E-state index is 6.14. The second-order valence-electron chi connectivity index (χ2n) is 4.96.